The molecule has 1 rings (SSSR count). The summed E-state index contributed by atoms with van der Waals surface area (Å²) < 4.78 is 25.7. The predicted octanol–water partition coefficient (Wildman–Crippen LogP) is 2.89. The molecule has 5 heteroatoms. The summed E-state index contributed by atoms with van der Waals surface area (Å²) in [6.07, 6.45) is 1.82. The van der Waals surface area contributed by atoms with Crippen molar-refractivity contribution < 1.29 is 13.6 Å². The molecule has 0 aliphatic heterocycles. The normalized spacial score (nSPS) is 9.94. The van der Waals surface area contributed by atoms with Crippen molar-refractivity contribution in [3.63, 3.8) is 0 Å². The fourth-order valence-electron chi connectivity index (χ4n) is 1.14. The first-order valence-corrected chi connectivity index (χ1v) is 5.13. The minimum absolute atomic E-state index is 0.0320. The van der Waals surface area contributed by atoms with E-state index in [1.807, 2.05) is 6.92 Å². The van der Waals surface area contributed by atoms with Crippen LogP contribution in [0.1, 0.15) is 19.8 Å². The molecule has 0 aromatic heterocycles. The van der Waals surface area contributed by atoms with E-state index >= 15 is 0 Å². The first-order chi connectivity index (χ1) is 7.63. The van der Waals surface area contributed by atoms with Crippen LogP contribution in [-0.2, 0) is 0 Å². The monoisotopic (exact) mass is 228 g/mol. The number of hydrogen-bond acceptors (Lipinski definition) is 1. The molecule has 0 spiro atoms. The Labute approximate surface area is 92.8 Å². The van der Waals surface area contributed by atoms with Crippen LogP contribution >= 0.6 is 0 Å². The van der Waals surface area contributed by atoms with Gasteiger partial charge < -0.3 is 10.6 Å². The zero-order valence-corrected chi connectivity index (χ0v) is 9.02. The Balaban J connectivity index is 2.49. The van der Waals surface area contributed by atoms with E-state index in [1.165, 1.54) is 6.07 Å². The number of hydrogen-bond donors (Lipinski definition) is 2. The van der Waals surface area contributed by atoms with Crippen LogP contribution < -0.4 is 10.6 Å². The highest BCUT2D eigenvalue weighted by atomic mass is 19.1. The van der Waals surface area contributed by atoms with E-state index in [0.717, 1.165) is 25.0 Å². The van der Waals surface area contributed by atoms with Gasteiger partial charge in [0, 0.05) is 12.6 Å². The number of nitrogens with one attached hydrogen (secondary N) is 2. The number of anilines is 1. The zero-order chi connectivity index (χ0) is 12.0. The molecule has 2 amide bonds. The molecule has 0 heterocycles. The molecule has 1 aromatic carbocycles. The van der Waals surface area contributed by atoms with Crippen molar-refractivity contribution in [2.45, 2.75) is 19.8 Å². The highest BCUT2D eigenvalue weighted by molar-refractivity contribution is 5.89. The van der Waals surface area contributed by atoms with E-state index in [9.17, 15) is 13.6 Å². The van der Waals surface area contributed by atoms with E-state index in [4.69, 9.17) is 0 Å². The molecule has 0 saturated heterocycles. The molecular formula is C11H14F2N2O. The number of benzene rings is 1. The quantitative estimate of drug-likeness (QED) is 0.764. The van der Waals surface area contributed by atoms with Crippen LogP contribution in [0.3, 0.4) is 0 Å². The van der Waals surface area contributed by atoms with Crippen molar-refractivity contribution >= 4 is 11.7 Å². The van der Waals surface area contributed by atoms with Crippen LogP contribution in [0.5, 0.6) is 0 Å². The third-order valence-electron chi connectivity index (χ3n) is 2.00. The van der Waals surface area contributed by atoms with Gasteiger partial charge in [0.1, 0.15) is 11.6 Å². The summed E-state index contributed by atoms with van der Waals surface area (Å²) in [5.41, 5.74) is -0.0320. The summed E-state index contributed by atoms with van der Waals surface area (Å²) in [5, 5.41) is 4.87. The van der Waals surface area contributed by atoms with Gasteiger partial charge in [-0.1, -0.05) is 13.3 Å². The van der Waals surface area contributed by atoms with Gasteiger partial charge in [0.2, 0.25) is 0 Å². The van der Waals surface area contributed by atoms with Crippen LogP contribution in [0, 0.1) is 11.6 Å². The van der Waals surface area contributed by atoms with E-state index in [-0.39, 0.29) is 5.69 Å². The van der Waals surface area contributed by atoms with Gasteiger partial charge in [-0.3, -0.25) is 0 Å². The smallest absolute Gasteiger partial charge is 0.319 e. The Kier molecular flexibility index (Phi) is 4.69. The average molecular weight is 228 g/mol. The lowest BCUT2D eigenvalue weighted by molar-refractivity contribution is 0.252. The van der Waals surface area contributed by atoms with Crippen LogP contribution in [0.25, 0.3) is 0 Å². The topological polar surface area (TPSA) is 41.1 Å². The van der Waals surface area contributed by atoms with E-state index in [1.54, 1.807) is 0 Å². The number of carbonyl (C=O) groups excluding carboxylic acids is 1. The van der Waals surface area contributed by atoms with Gasteiger partial charge in [-0.2, -0.15) is 0 Å². The highest BCUT2D eigenvalue weighted by Gasteiger charge is 2.06. The molecule has 0 aliphatic rings. The Bertz CT molecular complexity index is 369. The van der Waals surface area contributed by atoms with Gasteiger partial charge >= 0.3 is 6.03 Å². The third kappa shape index (κ3) is 3.84. The molecule has 0 unspecified atom stereocenters. The molecule has 0 aliphatic carbocycles. The second kappa shape index (κ2) is 6.05. The number of unbranched alkanes of at least 4 members (excludes halogenated alkanes) is 1. The van der Waals surface area contributed by atoms with Crippen molar-refractivity contribution in [1.29, 1.82) is 0 Å². The molecular weight excluding hydrogens is 214 g/mol. The zero-order valence-electron chi connectivity index (χ0n) is 9.02. The molecule has 0 fully saturated rings. The minimum atomic E-state index is -0.786. The summed E-state index contributed by atoms with van der Waals surface area (Å²) in [5.74, 6) is -1.46. The summed E-state index contributed by atoms with van der Waals surface area (Å²) in [4.78, 5) is 11.2. The van der Waals surface area contributed by atoms with Crippen LogP contribution in [0.4, 0.5) is 19.3 Å². The standard InChI is InChI=1S/C11H14F2N2O/c1-2-3-6-14-11(16)15-10-5-4-8(12)7-9(10)13/h4-5,7H,2-3,6H2,1H3,(H2,14,15,16). The lowest BCUT2D eigenvalue weighted by Crippen LogP contribution is -2.29. The molecule has 88 valence electrons. The Hall–Kier alpha value is -1.65. The maximum atomic E-state index is 13.1. The Morgan fingerprint density at radius 3 is 2.75 bits per heavy atom. The lowest BCUT2D eigenvalue weighted by atomic mass is 10.3. The van der Waals surface area contributed by atoms with Crippen LogP contribution in [-0.4, -0.2) is 12.6 Å². The second-order valence-electron chi connectivity index (χ2n) is 3.36. The van der Waals surface area contributed by atoms with Gasteiger partial charge in [0.25, 0.3) is 0 Å². The Morgan fingerprint density at radius 1 is 1.38 bits per heavy atom. The molecule has 16 heavy (non-hydrogen) atoms. The van der Waals surface area contributed by atoms with Gasteiger partial charge in [0.15, 0.2) is 0 Å². The van der Waals surface area contributed by atoms with Crippen molar-refractivity contribution in [2.75, 3.05) is 11.9 Å². The third-order valence-corrected chi connectivity index (χ3v) is 2.00. The number of urea groups is 1. The summed E-state index contributed by atoms with van der Waals surface area (Å²) in [6.45, 7) is 2.53. The Morgan fingerprint density at radius 2 is 2.12 bits per heavy atom. The summed E-state index contributed by atoms with van der Waals surface area (Å²) >= 11 is 0. The first-order valence-electron chi connectivity index (χ1n) is 5.13. The molecule has 0 atom stereocenters. The van der Waals surface area contributed by atoms with E-state index in [2.05, 4.69) is 10.6 Å². The van der Waals surface area contributed by atoms with E-state index in [0.29, 0.717) is 6.54 Å². The SMILES string of the molecule is CCCCNC(=O)Nc1ccc(F)cc1F. The maximum absolute atomic E-state index is 13.1. The van der Waals surface area contributed by atoms with E-state index < -0.39 is 17.7 Å². The minimum Gasteiger partial charge on any atom is -0.338 e. The maximum Gasteiger partial charge on any atom is 0.319 e. The van der Waals surface area contributed by atoms with Crippen molar-refractivity contribution in [1.82, 2.24) is 5.32 Å². The first kappa shape index (κ1) is 12.4. The van der Waals surface area contributed by atoms with Crippen LogP contribution in [0.2, 0.25) is 0 Å². The second-order valence-corrected chi connectivity index (χ2v) is 3.36. The number of rotatable bonds is 4. The van der Waals surface area contributed by atoms with Gasteiger partial charge in [-0.05, 0) is 18.6 Å². The van der Waals surface area contributed by atoms with Gasteiger partial charge in [-0.15, -0.1) is 0 Å². The summed E-state index contributed by atoms with van der Waals surface area (Å²) in [6, 6.07) is 2.51. The summed E-state index contributed by atoms with van der Waals surface area (Å²) in [7, 11) is 0. The molecule has 1 aromatic rings. The number of carbonyl (C=O) groups is 1. The fraction of sp³-hybridized carbons (Fsp3) is 0.364. The average Bonchev–Trinajstić information content (AvgIpc) is 2.23. The molecule has 2 N–H and O–H groups in total. The highest BCUT2D eigenvalue weighted by Crippen LogP contribution is 2.14. The van der Waals surface area contributed by atoms with Gasteiger partial charge in [0.05, 0.1) is 5.69 Å². The van der Waals surface area contributed by atoms with Crippen molar-refractivity contribution in [3.05, 3.63) is 29.8 Å². The molecule has 0 bridgehead atoms. The largest absolute Gasteiger partial charge is 0.338 e. The number of halogens is 2. The predicted molar refractivity (Wildman–Crippen MR) is 58.3 cm³/mol. The molecule has 0 radical (unpaired) electrons. The van der Waals surface area contributed by atoms with Crippen molar-refractivity contribution in [2.24, 2.45) is 0 Å². The lowest BCUT2D eigenvalue weighted by Gasteiger charge is -2.07. The molecule has 0 saturated carbocycles. The molecule has 3 nitrogen and oxygen atoms in total. The van der Waals surface area contributed by atoms with Crippen LogP contribution in [0.15, 0.2) is 18.2 Å². The van der Waals surface area contributed by atoms with Crippen molar-refractivity contribution in [3.8, 4) is 0 Å². The number of amides is 2. The van der Waals surface area contributed by atoms with Gasteiger partial charge in [-0.25, -0.2) is 13.6 Å². The fourth-order valence-corrected chi connectivity index (χ4v) is 1.14.